The SMILES string of the molecule is Nc1cc2c(cc1N)CCN(C(=O)C(F)(F)F)CC2.O.[Pd]. The summed E-state index contributed by atoms with van der Waals surface area (Å²) in [6.07, 6.45) is -4.13. The zero-order valence-electron chi connectivity index (χ0n) is 10.9. The number of carbonyl (C=O) groups excluding carboxylic acids is 1. The van der Waals surface area contributed by atoms with E-state index in [9.17, 15) is 18.0 Å². The molecule has 1 amide bonds. The topological polar surface area (TPSA) is 104 Å². The number of nitrogens with zero attached hydrogens (tertiary/aromatic N) is 1. The molecule has 5 nitrogen and oxygen atoms in total. The number of rotatable bonds is 0. The Morgan fingerprint density at radius 3 is 1.76 bits per heavy atom. The molecule has 1 aliphatic heterocycles. The molecule has 21 heavy (non-hydrogen) atoms. The van der Waals surface area contributed by atoms with Crippen molar-refractivity contribution in [2.45, 2.75) is 19.0 Å². The predicted molar refractivity (Wildman–Crippen MR) is 68.9 cm³/mol. The van der Waals surface area contributed by atoms with Crippen molar-refractivity contribution < 1.29 is 43.9 Å². The first kappa shape index (κ1) is 19.7. The van der Waals surface area contributed by atoms with Crippen LogP contribution in [0.15, 0.2) is 12.1 Å². The average Bonchev–Trinajstić information content (AvgIpc) is 2.50. The van der Waals surface area contributed by atoms with Crippen molar-refractivity contribution in [3.8, 4) is 0 Å². The molecule has 1 heterocycles. The molecule has 0 unspecified atom stereocenters. The van der Waals surface area contributed by atoms with Crippen LogP contribution >= 0.6 is 0 Å². The van der Waals surface area contributed by atoms with E-state index in [-0.39, 0.29) is 39.0 Å². The average molecular weight is 398 g/mol. The molecule has 0 bridgehead atoms. The van der Waals surface area contributed by atoms with Gasteiger partial charge in [0.2, 0.25) is 0 Å². The Morgan fingerprint density at radius 1 is 1.05 bits per heavy atom. The molecule has 1 aliphatic rings. The number of nitrogen functional groups attached to an aromatic ring is 2. The smallest absolute Gasteiger partial charge is 0.412 e. The molecule has 2 rings (SSSR count). The molecule has 0 spiro atoms. The van der Waals surface area contributed by atoms with Crippen molar-refractivity contribution in [2.75, 3.05) is 24.6 Å². The van der Waals surface area contributed by atoms with E-state index in [0.29, 0.717) is 24.2 Å². The molecule has 1 aromatic carbocycles. The summed E-state index contributed by atoms with van der Waals surface area (Å²) in [6.45, 7) is 0.0728. The van der Waals surface area contributed by atoms with Gasteiger partial charge < -0.3 is 21.8 Å². The molecular weight excluding hydrogens is 382 g/mol. The molecule has 9 heteroatoms. The van der Waals surface area contributed by atoms with Crippen molar-refractivity contribution in [3.63, 3.8) is 0 Å². The number of nitrogens with two attached hydrogens (primary N) is 2. The second-order valence-electron chi connectivity index (χ2n) is 4.54. The van der Waals surface area contributed by atoms with Gasteiger partial charge in [0.15, 0.2) is 0 Å². The summed E-state index contributed by atoms with van der Waals surface area (Å²) in [6, 6.07) is 3.35. The van der Waals surface area contributed by atoms with Crippen LogP contribution in [0.5, 0.6) is 0 Å². The van der Waals surface area contributed by atoms with Crippen molar-refractivity contribution in [2.24, 2.45) is 0 Å². The predicted octanol–water partition coefficient (Wildman–Crippen LogP) is 0.513. The number of anilines is 2. The van der Waals surface area contributed by atoms with Gasteiger partial charge in [-0.3, -0.25) is 4.79 Å². The van der Waals surface area contributed by atoms with E-state index in [1.165, 1.54) is 0 Å². The number of benzene rings is 1. The molecule has 0 radical (unpaired) electrons. The number of amides is 1. The van der Waals surface area contributed by atoms with Crippen LogP contribution in [-0.2, 0) is 38.1 Å². The Hall–Kier alpha value is -1.30. The Bertz CT molecular complexity index is 490. The Labute approximate surface area is 133 Å². The summed E-state index contributed by atoms with van der Waals surface area (Å²) in [5.74, 6) is -1.79. The molecule has 0 atom stereocenters. The molecule has 6 N–H and O–H groups in total. The molecule has 0 fully saturated rings. The van der Waals surface area contributed by atoms with Gasteiger partial charge in [0.25, 0.3) is 0 Å². The fourth-order valence-electron chi connectivity index (χ4n) is 2.20. The van der Waals surface area contributed by atoms with Gasteiger partial charge >= 0.3 is 12.1 Å². The van der Waals surface area contributed by atoms with E-state index in [0.717, 1.165) is 16.0 Å². The number of carbonyl (C=O) groups is 1. The standard InChI is InChI=1S/C12H14F3N3O.H2O.Pd/c13-12(14,15)11(19)18-3-1-7-5-9(16)10(17)6-8(7)2-4-18;;/h5-6H,1-4,16-17H2;1H2;. The molecule has 1 aromatic rings. The summed E-state index contributed by atoms with van der Waals surface area (Å²) in [4.78, 5) is 12.0. The fourth-order valence-corrected chi connectivity index (χ4v) is 2.20. The van der Waals surface area contributed by atoms with E-state index in [2.05, 4.69) is 0 Å². The number of hydrogen-bond donors (Lipinski definition) is 2. The van der Waals surface area contributed by atoms with Gasteiger partial charge in [-0.05, 0) is 36.1 Å². The third-order valence-electron chi connectivity index (χ3n) is 3.24. The zero-order valence-corrected chi connectivity index (χ0v) is 12.5. The quantitative estimate of drug-likeness (QED) is 0.492. The first-order valence-electron chi connectivity index (χ1n) is 5.82. The van der Waals surface area contributed by atoms with Gasteiger partial charge in [-0.1, -0.05) is 0 Å². The second-order valence-corrected chi connectivity index (χ2v) is 4.54. The molecule has 122 valence electrons. The summed E-state index contributed by atoms with van der Waals surface area (Å²) in [5.41, 5.74) is 13.9. The normalized spacial score (nSPS) is 14.3. The van der Waals surface area contributed by atoms with Gasteiger partial charge in [-0.25, -0.2) is 0 Å². The van der Waals surface area contributed by atoms with E-state index < -0.39 is 12.1 Å². The first-order valence-corrected chi connectivity index (χ1v) is 5.82. The van der Waals surface area contributed by atoms with Gasteiger partial charge in [-0.15, -0.1) is 0 Å². The molecule has 0 saturated carbocycles. The fraction of sp³-hybridized carbons (Fsp3) is 0.417. The van der Waals surface area contributed by atoms with Crippen LogP contribution in [0, 0.1) is 0 Å². The zero-order chi connectivity index (χ0) is 14.2. The molecule has 0 aromatic heterocycles. The van der Waals surface area contributed by atoms with Crippen molar-refractivity contribution in [1.29, 1.82) is 0 Å². The van der Waals surface area contributed by atoms with Crippen molar-refractivity contribution in [1.82, 2.24) is 4.90 Å². The van der Waals surface area contributed by atoms with E-state index in [1.807, 2.05) is 0 Å². The summed E-state index contributed by atoms with van der Waals surface area (Å²) >= 11 is 0. The van der Waals surface area contributed by atoms with E-state index in [1.54, 1.807) is 12.1 Å². The Morgan fingerprint density at radius 2 is 1.43 bits per heavy atom. The maximum absolute atomic E-state index is 12.4. The van der Waals surface area contributed by atoms with Crippen LogP contribution in [0.25, 0.3) is 0 Å². The Kier molecular flexibility index (Phi) is 6.67. The third kappa shape index (κ3) is 4.33. The minimum atomic E-state index is -4.82. The summed E-state index contributed by atoms with van der Waals surface area (Å²) in [7, 11) is 0. The largest absolute Gasteiger partial charge is 0.471 e. The van der Waals surface area contributed by atoms with Gasteiger partial charge in [0, 0.05) is 33.5 Å². The van der Waals surface area contributed by atoms with Crippen LogP contribution in [0.1, 0.15) is 11.1 Å². The van der Waals surface area contributed by atoms with Gasteiger partial charge in [0.1, 0.15) is 0 Å². The van der Waals surface area contributed by atoms with Crippen LogP contribution in [0.2, 0.25) is 0 Å². The number of alkyl halides is 3. The monoisotopic (exact) mass is 397 g/mol. The number of halogens is 3. The van der Waals surface area contributed by atoms with Crippen molar-refractivity contribution >= 4 is 17.3 Å². The number of hydrogen-bond acceptors (Lipinski definition) is 3. The molecular formula is C12H16F3N3O2Pd. The minimum absolute atomic E-state index is 0. The third-order valence-corrected chi connectivity index (χ3v) is 3.24. The summed E-state index contributed by atoms with van der Waals surface area (Å²) < 4.78 is 37.2. The van der Waals surface area contributed by atoms with E-state index >= 15 is 0 Å². The number of fused-ring (bicyclic) bond motifs is 1. The van der Waals surface area contributed by atoms with Crippen LogP contribution in [0.3, 0.4) is 0 Å². The van der Waals surface area contributed by atoms with Crippen molar-refractivity contribution in [3.05, 3.63) is 23.3 Å². The minimum Gasteiger partial charge on any atom is -0.412 e. The molecule has 0 aliphatic carbocycles. The maximum atomic E-state index is 12.4. The van der Waals surface area contributed by atoms with Gasteiger partial charge in [-0.2, -0.15) is 13.2 Å². The second kappa shape index (κ2) is 7.11. The Balaban J connectivity index is 0.00000200. The van der Waals surface area contributed by atoms with Crippen LogP contribution in [-0.4, -0.2) is 35.5 Å². The first-order chi connectivity index (χ1) is 8.79. The van der Waals surface area contributed by atoms with Crippen LogP contribution < -0.4 is 11.5 Å². The summed E-state index contributed by atoms with van der Waals surface area (Å²) in [5, 5.41) is 0. The maximum Gasteiger partial charge on any atom is 0.471 e. The van der Waals surface area contributed by atoms with Gasteiger partial charge in [0.05, 0.1) is 11.4 Å². The van der Waals surface area contributed by atoms with Crippen LogP contribution in [0.4, 0.5) is 24.5 Å². The molecule has 0 saturated heterocycles. The van der Waals surface area contributed by atoms with E-state index in [4.69, 9.17) is 11.5 Å².